The van der Waals surface area contributed by atoms with Crippen LogP contribution < -0.4 is 10.2 Å². The monoisotopic (exact) mass is 571 g/mol. The Morgan fingerprint density at radius 3 is 2.48 bits per heavy atom. The van der Waals surface area contributed by atoms with Crippen molar-refractivity contribution in [3.05, 3.63) is 65.7 Å². The average molecular weight is 572 g/mol. The molecule has 0 bridgehead atoms. The maximum absolute atomic E-state index is 13.9. The zero-order valence-corrected chi connectivity index (χ0v) is 24.8. The van der Waals surface area contributed by atoms with Crippen LogP contribution in [0.25, 0.3) is 0 Å². The number of nitriles is 1. The van der Waals surface area contributed by atoms with Crippen molar-refractivity contribution in [1.29, 1.82) is 5.26 Å². The van der Waals surface area contributed by atoms with Gasteiger partial charge < -0.3 is 10.1 Å². The van der Waals surface area contributed by atoms with Crippen LogP contribution in [0, 0.1) is 28.6 Å². The van der Waals surface area contributed by atoms with Crippen LogP contribution in [0.1, 0.15) is 76.8 Å². The number of amides is 2. The molecule has 8 nitrogen and oxygen atoms in total. The van der Waals surface area contributed by atoms with Gasteiger partial charge in [-0.25, -0.2) is 4.79 Å². The fraction of sp³-hybridized carbons (Fsp3) is 0.500. The molecule has 2 amide bonds. The van der Waals surface area contributed by atoms with E-state index in [2.05, 4.69) is 11.4 Å². The number of nitrogens with one attached hydrogen (secondary N) is 1. The second kappa shape index (κ2) is 13.8. The van der Waals surface area contributed by atoms with Crippen LogP contribution in [0.5, 0.6) is 0 Å². The number of hydrogen-bond acceptors (Lipinski definition) is 6. The van der Waals surface area contributed by atoms with Crippen molar-refractivity contribution in [2.45, 2.75) is 90.8 Å². The van der Waals surface area contributed by atoms with Crippen LogP contribution in [-0.4, -0.2) is 35.7 Å². The number of ketones is 2. The van der Waals surface area contributed by atoms with Gasteiger partial charge in [0.1, 0.15) is 24.5 Å². The summed E-state index contributed by atoms with van der Waals surface area (Å²) in [5, 5.41) is 12.6. The Bertz CT molecular complexity index is 1330. The lowest BCUT2D eigenvalue weighted by atomic mass is 9.80. The second-order valence-electron chi connectivity index (χ2n) is 12.7. The number of anilines is 1. The first kappa shape index (κ1) is 31.0. The van der Waals surface area contributed by atoms with Gasteiger partial charge in [-0.3, -0.25) is 19.3 Å². The molecular weight excluding hydrogens is 530 g/mol. The van der Waals surface area contributed by atoms with E-state index < -0.39 is 24.1 Å². The predicted molar refractivity (Wildman–Crippen MR) is 159 cm³/mol. The minimum Gasteiger partial charge on any atom is -0.444 e. The molecule has 0 aromatic heterocycles. The van der Waals surface area contributed by atoms with Crippen molar-refractivity contribution < 1.29 is 23.9 Å². The summed E-state index contributed by atoms with van der Waals surface area (Å²) in [6, 6.07) is 17.3. The molecule has 1 heterocycles. The number of benzene rings is 2. The summed E-state index contributed by atoms with van der Waals surface area (Å²) in [5.41, 5.74) is 2.07. The quantitative estimate of drug-likeness (QED) is 0.378. The number of ether oxygens (including phenoxy) is 1. The molecule has 42 heavy (non-hydrogen) atoms. The number of nitrogens with zero attached hydrogens (tertiary/aromatic N) is 2. The van der Waals surface area contributed by atoms with Gasteiger partial charge in [-0.05, 0) is 48.3 Å². The SMILES string of the molecule is CC(C)(C)C[C@H](CC(=O)C1Cc2ccccc2N1C(=O)OCc1ccccc1)C(=O)N[C@H](C#N)C[C@@H]1CCCCC1=O. The molecule has 1 unspecified atom stereocenters. The van der Waals surface area contributed by atoms with E-state index in [0.29, 0.717) is 24.9 Å². The standard InChI is InChI=1S/C34H41N3O5/c1-34(2,3)20-26(32(40)36-27(21-35)17-25-14-8-10-16-30(25)38)19-31(39)29-18-24-13-7-9-15-28(24)37(29)33(41)42-22-23-11-5-4-6-12-23/h4-7,9,11-13,15,25-27,29H,8,10,14,16-20,22H2,1-3H3,(H,36,40)/t25-,26-,27-,29?/m0/s1. The van der Waals surface area contributed by atoms with Gasteiger partial charge >= 0.3 is 6.09 Å². The van der Waals surface area contributed by atoms with Crippen LogP contribution in [0.3, 0.4) is 0 Å². The smallest absolute Gasteiger partial charge is 0.415 e. The molecule has 1 saturated carbocycles. The molecule has 1 aliphatic heterocycles. The van der Waals surface area contributed by atoms with Gasteiger partial charge in [-0.15, -0.1) is 0 Å². The zero-order chi connectivity index (χ0) is 30.3. The van der Waals surface area contributed by atoms with Gasteiger partial charge in [-0.1, -0.05) is 75.7 Å². The fourth-order valence-electron chi connectivity index (χ4n) is 6.06. The molecular formula is C34H41N3O5. The first-order valence-corrected chi connectivity index (χ1v) is 14.9. The van der Waals surface area contributed by atoms with Gasteiger partial charge in [0.05, 0.1) is 11.8 Å². The van der Waals surface area contributed by atoms with E-state index in [4.69, 9.17) is 4.74 Å². The molecule has 4 atom stereocenters. The molecule has 2 aliphatic rings. The summed E-state index contributed by atoms with van der Waals surface area (Å²) in [6.45, 7) is 6.07. The van der Waals surface area contributed by atoms with Crippen molar-refractivity contribution >= 4 is 29.3 Å². The third-order valence-corrected chi connectivity index (χ3v) is 8.10. The number of fused-ring (bicyclic) bond motifs is 1. The Labute approximate surface area is 248 Å². The summed E-state index contributed by atoms with van der Waals surface area (Å²) >= 11 is 0. The third-order valence-electron chi connectivity index (χ3n) is 8.10. The van der Waals surface area contributed by atoms with E-state index >= 15 is 0 Å². The summed E-state index contributed by atoms with van der Waals surface area (Å²) in [6.07, 6.45) is 3.42. The Balaban J connectivity index is 1.48. The Morgan fingerprint density at radius 1 is 1.07 bits per heavy atom. The molecule has 222 valence electrons. The highest BCUT2D eigenvalue weighted by molar-refractivity contribution is 6.02. The van der Waals surface area contributed by atoms with Gasteiger partial charge in [0.2, 0.25) is 5.91 Å². The molecule has 1 aliphatic carbocycles. The first-order valence-electron chi connectivity index (χ1n) is 14.9. The first-order chi connectivity index (χ1) is 20.1. The van der Waals surface area contributed by atoms with E-state index in [1.54, 1.807) is 6.07 Å². The predicted octanol–water partition coefficient (Wildman–Crippen LogP) is 5.92. The molecule has 1 N–H and O–H groups in total. The number of carbonyl (C=O) groups excluding carboxylic acids is 4. The maximum atomic E-state index is 13.9. The van der Waals surface area contributed by atoms with Crippen molar-refractivity contribution in [3.63, 3.8) is 0 Å². The van der Waals surface area contributed by atoms with Crippen molar-refractivity contribution in [3.8, 4) is 6.07 Å². The van der Waals surface area contributed by atoms with Gasteiger partial charge in [0, 0.05) is 31.1 Å². The Kier molecular flexibility index (Phi) is 10.2. The molecule has 0 spiro atoms. The van der Waals surface area contributed by atoms with E-state index in [1.807, 2.05) is 69.3 Å². The molecule has 0 radical (unpaired) electrons. The minimum absolute atomic E-state index is 0.0767. The Hall–Kier alpha value is -3.99. The number of para-hydroxylation sites is 1. The number of rotatable bonds is 10. The lowest BCUT2D eigenvalue weighted by molar-refractivity contribution is -0.131. The van der Waals surface area contributed by atoms with Crippen molar-refractivity contribution in [1.82, 2.24) is 5.32 Å². The minimum atomic E-state index is -0.803. The molecule has 2 aromatic rings. The number of carbonyl (C=O) groups is 4. The van der Waals surface area contributed by atoms with Crippen molar-refractivity contribution in [2.24, 2.45) is 17.3 Å². The van der Waals surface area contributed by atoms with Crippen molar-refractivity contribution in [2.75, 3.05) is 4.90 Å². The lowest BCUT2D eigenvalue weighted by Gasteiger charge is -2.29. The molecule has 8 heteroatoms. The Morgan fingerprint density at radius 2 is 1.79 bits per heavy atom. The highest BCUT2D eigenvalue weighted by Crippen LogP contribution is 2.35. The zero-order valence-electron chi connectivity index (χ0n) is 24.8. The highest BCUT2D eigenvalue weighted by atomic mass is 16.6. The molecule has 4 rings (SSSR count). The van der Waals surface area contributed by atoms with E-state index in [1.165, 1.54) is 4.90 Å². The maximum Gasteiger partial charge on any atom is 0.415 e. The van der Waals surface area contributed by atoms with Crippen LogP contribution in [0.15, 0.2) is 54.6 Å². The molecule has 2 aromatic carbocycles. The van der Waals surface area contributed by atoms with E-state index in [-0.39, 0.29) is 48.3 Å². The van der Waals surface area contributed by atoms with Gasteiger partial charge in [0.25, 0.3) is 0 Å². The second-order valence-corrected chi connectivity index (χ2v) is 12.7. The van der Waals surface area contributed by atoms with Crippen LogP contribution in [0.4, 0.5) is 10.5 Å². The topological polar surface area (TPSA) is 117 Å². The molecule has 0 saturated heterocycles. The van der Waals surface area contributed by atoms with Crippen LogP contribution in [-0.2, 0) is 32.1 Å². The third kappa shape index (κ3) is 8.06. The van der Waals surface area contributed by atoms with Gasteiger partial charge in [0.15, 0.2) is 5.78 Å². The fourth-order valence-corrected chi connectivity index (χ4v) is 6.06. The number of Topliss-reactive ketones (excluding diaryl/α,β-unsaturated/α-hetero) is 2. The number of hydrogen-bond donors (Lipinski definition) is 1. The summed E-state index contributed by atoms with van der Waals surface area (Å²) in [7, 11) is 0. The highest BCUT2D eigenvalue weighted by Gasteiger charge is 2.41. The normalized spacial score (nSPS) is 19.8. The van der Waals surface area contributed by atoms with E-state index in [9.17, 15) is 24.4 Å². The van der Waals surface area contributed by atoms with Crippen LogP contribution in [0.2, 0.25) is 0 Å². The lowest BCUT2D eigenvalue weighted by Crippen LogP contribution is -2.46. The molecule has 1 fully saturated rings. The summed E-state index contributed by atoms with van der Waals surface area (Å²) in [5.74, 6) is -1.37. The summed E-state index contributed by atoms with van der Waals surface area (Å²) in [4.78, 5) is 54.5. The van der Waals surface area contributed by atoms with E-state index in [0.717, 1.165) is 30.4 Å². The van der Waals surface area contributed by atoms with Crippen LogP contribution >= 0.6 is 0 Å². The largest absolute Gasteiger partial charge is 0.444 e. The average Bonchev–Trinajstić information content (AvgIpc) is 3.36. The summed E-state index contributed by atoms with van der Waals surface area (Å²) < 4.78 is 5.62. The van der Waals surface area contributed by atoms with Gasteiger partial charge in [-0.2, -0.15) is 5.26 Å².